The first-order valence-corrected chi connectivity index (χ1v) is 4.77. The van der Waals surface area contributed by atoms with Gasteiger partial charge in [-0.3, -0.25) is 14.9 Å². The predicted octanol–water partition coefficient (Wildman–Crippen LogP) is -0.124. The molecule has 1 amide bonds. The van der Waals surface area contributed by atoms with Crippen LogP contribution >= 0.6 is 0 Å². The van der Waals surface area contributed by atoms with Gasteiger partial charge in [0.05, 0.1) is 4.92 Å². The van der Waals surface area contributed by atoms with E-state index in [-0.39, 0.29) is 12.1 Å². The lowest BCUT2D eigenvalue weighted by molar-refractivity contribution is -0.384. The number of nitrogens with two attached hydrogens (primary N) is 2. The summed E-state index contributed by atoms with van der Waals surface area (Å²) < 4.78 is 0. The zero-order valence-corrected chi connectivity index (χ0v) is 8.47. The summed E-state index contributed by atoms with van der Waals surface area (Å²) in [4.78, 5) is 21.3. The van der Waals surface area contributed by atoms with Crippen molar-refractivity contribution in [3.05, 3.63) is 39.4 Å². The Morgan fingerprint density at radius 3 is 2.56 bits per heavy atom. The summed E-state index contributed by atoms with van der Waals surface area (Å²) in [5.74, 6) is -0.577. The van der Waals surface area contributed by atoms with Crippen LogP contribution in [0, 0.1) is 10.1 Å². The number of rotatable bonds is 2. The Hall–Kier alpha value is -1.95. The quantitative estimate of drug-likeness (QED) is 0.535. The van der Waals surface area contributed by atoms with Crippen molar-refractivity contribution in [2.75, 3.05) is 0 Å². The lowest BCUT2D eigenvalue weighted by atomic mass is 9.97. The van der Waals surface area contributed by atoms with E-state index in [0.717, 1.165) is 11.1 Å². The second-order valence-electron chi connectivity index (χ2n) is 4.08. The maximum absolute atomic E-state index is 11.2. The maximum Gasteiger partial charge on any atom is 0.269 e. The van der Waals surface area contributed by atoms with E-state index in [1.165, 1.54) is 12.1 Å². The highest BCUT2D eigenvalue weighted by Gasteiger charge is 2.39. The van der Waals surface area contributed by atoms with Crippen LogP contribution in [0.5, 0.6) is 0 Å². The summed E-state index contributed by atoms with van der Waals surface area (Å²) in [6.07, 6.45) is 0.606. The predicted molar refractivity (Wildman–Crippen MR) is 56.6 cm³/mol. The second-order valence-corrected chi connectivity index (χ2v) is 4.08. The molecule has 4 N–H and O–H groups in total. The zero-order chi connectivity index (χ0) is 11.9. The summed E-state index contributed by atoms with van der Waals surface area (Å²) in [5, 5.41) is 10.6. The first kappa shape index (κ1) is 10.6. The van der Waals surface area contributed by atoms with Gasteiger partial charge in [-0.25, -0.2) is 0 Å². The molecule has 1 atom stereocenters. The summed E-state index contributed by atoms with van der Waals surface area (Å²) in [6.45, 7) is 0. The number of primary amides is 1. The number of nitro benzene ring substituents is 1. The number of nitro groups is 1. The van der Waals surface area contributed by atoms with Crippen molar-refractivity contribution in [2.24, 2.45) is 11.5 Å². The minimum atomic E-state index is -1.10. The molecule has 1 aromatic rings. The highest BCUT2D eigenvalue weighted by molar-refractivity contribution is 5.86. The molecule has 0 saturated heterocycles. The van der Waals surface area contributed by atoms with E-state index in [1.54, 1.807) is 6.07 Å². The van der Waals surface area contributed by atoms with Crippen LogP contribution in [0.3, 0.4) is 0 Å². The minimum absolute atomic E-state index is 0.00692. The van der Waals surface area contributed by atoms with E-state index in [1.807, 2.05) is 0 Å². The van der Waals surface area contributed by atoms with E-state index in [0.29, 0.717) is 6.42 Å². The number of carbonyl (C=O) groups excluding carboxylic acids is 1. The molecule has 0 fully saturated rings. The highest BCUT2D eigenvalue weighted by Crippen LogP contribution is 2.30. The van der Waals surface area contributed by atoms with Gasteiger partial charge >= 0.3 is 0 Å². The Bertz CT molecular complexity index is 486. The molecule has 6 nitrogen and oxygen atoms in total. The molecule has 84 valence electrons. The smallest absolute Gasteiger partial charge is 0.269 e. The molecule has 0 spiro atoms. The van der Waals surface area contributed by atoms with Crippen LogP contribution in [0.2, 0.25) is 0 Å². The van der Waals surface area contributed by atoms with Crippen molar-refractivity contribution in [2.45, 2.75) is 18.4 Å². The molecule has 1 aliphatic rings. The fourth-order valence-electron chi connectivity index (χ4n) is 1.98. The second kappa shape index (κ2) is 3.28. The van der Waals surface area contributed by atoms with Crippen molar-refractivity contribution in [1.82, 2.24) is 0 Å². The van der Waals surface area contributed by atoms with Gasteiger partial charge in [-0.1, -0.05) is 6.07 Å². The molecule has 2 rings (SSSR count). The summed E-state index contributed by atoms with van der Waals surface area (Å²) in [7, 11) is 0. The normalized spacial score (nSPS) is 22.8. The molecule has 0 heterocycles. The van der Waals surface area contributed by atoms with Crippen molar-refractivity contribution >= 4 is 11.6 Å². The fraction of sp³-hybridized carbons (Fsp3) is 0.300. The number of fused-ring (bicyclic) bond motifs is 1. The van der Waals surface area contributed by atoms with Gasteiger partial charge in [0.15, 0.2) is 0 Å². The number of hydrogen-bond acceptors (Lipinski definition) is 4. The van der Waals surface area contributed by atoms with E-state index < -0.39 is 16.4 Å². The van der Waals surface area contributed by atoms with Crippen LogP contribution in [-0.2, 0) is 17.6 Å². The molecule has 16 heavy (non-hydrogen) atoms. The van der Waals surface area contributed by atoms with Gasteiger partial charge in [0.25, 0.3) is 5.69 Å². The SMILES string of the molecule is NC(=O)[C@@]1(N)Cc2ccc([N+](=O)[O-])cc2C1. The van der Waals surface area contributed by atoms with Gasteiger partial charge in [0.1, 0.15) is 5.54 Å². The van der Waals surface area contributed by atoms with Crippen LogP contribution in [0.15, 0.2) is 18.2 Å². The molecule has 0 saturated carbocycles. The van der Waals surface area contributed by atoms with Gasteiger partial charge in [-0.2, -0.15) is 0 Å². The van der Waals surface area contributed by atoms with E-state index >= 15 is 0 Å². The largest absolute Gasteiger partial charge is 0.368 e. The Morgan fingerprint density at radius 2 is 2.00 bits per heavy atom. The molecule has 0 bridgehead atoms. The maximum atomic E-state index is 11.2. The number of non-ortho nitro benzene ring substituents is 1. The molecule has 1 aliphatic carbocycles. The number of hydrogen-bond donors (Lipinski definition) is 2. The topological polar surface area (TPSA) is 112 Å². The monoisotopic (exact) mass is 221 g/mol. The highest BCUT2D eigenvalue weighted by atomic mass is 16.6. The van der Waals surface area contributed by atoms with Crippen molar-refractivity contribution in [3.8, 4) is 0 Å². The third-order valence-corrected chi connectivity index (χ3v) is 2.90. The Balaban J connectivity index is 2.38. The summed E-state index contributed by atoms with van der Waals surface area (Å²) >= 11 is 0. The third-order valence-electron chi connectivity index (χ3n) is 2.90. The van der Waals surface area contributed by atoms with Crippen LogP contribution in [0.4, 0.5) is 5.69 Å². The van der Waals surface area contributed by atoms with Gasteiger partial charge in [-0.05, 0) is 17.5 Å². The standard InChI is InChI=1S/C10H11N3O3/c11-9(14)10(12)4-6-1-2-8(13(15)16)3-7(6)5-10/h1-3H,4-5,12H2,(H2,11,14)/t10-/m1/s1. The van der Waals surface area contributed by atoms with E-state index in [2.05, 4.69) is 0 Å². The minimum Gasteiger partial charge on any atom is -0.368 e. The fourth-order valence-corrected chi connectivity index (χ4v) is 1.98. The summed E-state index contributed by atoms with van der Waals surface area (Å²) in [5.41, 5.74) is 11.5. The van der Waals surface area contributed by atoms with Crippen LogP contribution < -0.4 is 11.5 Å². The molecule has 1 aromatic carbocycles. The van der Waals surface area contributed by atoms with Gasteiger partial charge in [0, 0.05) is 18.6 Å². The number of benzene rings is 1. The molecule has 0 radical (unpaired) electrons. The third kappa shape index (κ3) is 1.53. The van der Waals surface area contributed by atoms with E-state index in [4.69, 9.17) is 11.5 Å². The lowest BCUT2D eigenvalue weighted by Crippen LogP contribution is -2.52. The first-order chi connectivity index (χ1) is 7.42. The van der Waals surface area contributed by atoms with Gasteiger partial charge in [0.2, 0.25) is 5.91 Å². The lowest BCUT2D eigenvalue weighted by Gasteiger charge is -2.17. The number of nitrogens with zero attached hydrogens (tertiary/aromatic N) is 1. The van der Waals surface area contributed by atoms with Crippen LogP contribution in [-0.4, -0.2) is 16.4 Å². The van der Waals surface area contributed by atoms with Crippen LogP contribution in [0.25, 0.3) is 0 Å². The number of amides is 1. The summed E-state index contributed by atoms with van der Waals surface area (Å²) in [6, 6.07) is 4.49. The van der Waals surface area contributed by atoms with Crippen molar-refractivity contribution in [1.29, 1.82) is 0 Å². The molecule has 6 heteroatoms. The Labute approximate surface area is 91.4 Å². The number of carbonyl (C=O) groups is 1. The molecule has 0 aliphatic heterocycles. The van der Waals surface area contributed by atoms with E-state index in [9.17, 15) is 14.9 Å². The van der Waals surface area contributed by atoms with Crippen LogP contribution in [0.1, 0.15) is 11.1 Å². The zero-order valence-electron chi connectivity index (χ0n) is 8.47. The molecule has 0 unspecified atom stereocenters. The Morgan fingerprint density at radius 1 is 1.38 bits per heavy atom. The average molecular weight is 221 g/mol. The average Bonchev–Trinajstić information content (AvgIpc) is 2.54. The Kier molecular flexibility index (Phi) is 2.16. The first-order valence-electron chi connectivity index (χ1n) is 4.77. The van der Waals surface area contributed by atoms with Crippen molar-refractivity contribution in [3.63, 3.8) is 0 Å². The molecule has 0 aromatic heterocycles. The van der Waals surface area contributed by atoms with Crippen molar-refractivity contribution < 1.29 is 9.72 Å². The molecular weight excluding hydrogens is 210 g/mol. The van der Waals surface area contributed by atoms with Gasteiger partial charge in [-0.15, -0.1) is 0 Å². The van der Waals surface area contributed by atoms with Gasteiger partial charge < -0.3 is 11.5 Å². The molecular formula is C10H11N3O3.